The van der Waals surface area contributed by atoms with E-state index in [-0.39, 0.29) is 30.4 Å². The van der Waals surface area contributed by atoms with Gasteiger partial charge in [-0.3, -0.25) is 9.59 Å². The normalized spacial score (nSPS) is 18.5. The molecule has 1 amide bonds. The lowest BCUT2D eigenvalue weighted by atomic mass is 9.95. The maximum atomic E-state index is 11.9. The summed E-state index contributed by atoms with van der Waals surface area (Å²) in [6.45, 7) is 1.68. The highest BCUT2D eigenvalue weighted by Crippen LogP contribution is 2.19. The smallest absolute Gasteiger partial charge is 0.309 e. The van der Waals surface area contributed by atoms with Gasteiger partial charge in [-0.05, 0) is 43.9 Å². The van der Waals surface area contributed by atoms with Crippen molar-refractivity contribution in [3.8, 4) is 0 Å². The Morgan fingerprint density at radius 2 is 2.05 bits per heavy atom. The third kappa shape index (κ3) is 4.98. The Morgan fingerprint density at radius 3 is 2.68 bits per heavy atom. The van der Waals surface area contributed by atoms with E-state index >= 15 is 0 Å². The third-order valence-corrected chi connectivity index (χ3v) is 4.22. The van der Waals surface area contributed by atoms with Crippen molar-refractivity contribution in [3.05, 3.63) is 46.5 Å². The van der Waals surface area contributed by atoms with E-state index in [2.05, 4.69) is 27.3 Å². The number of carbonyl (C=O) groups is 2. The SMILES string of the molecule is CC(NC(=O)COC(=O)C1CC=CCC1)c1ccc(Br)cc1. The van der Waals surface area contributed by atoms with Gasteiger partial charge in [0.15, 0.2) is 6.61 Å². The van der Waals surface area contributed by atoms with Crippen LogP contribution in [0.5, 0.6) is 0 Å². The first-order valence-electron chi connectivity index (χ1n) is 7.42. The number of carbonyl (C=O) groups excluding carboxylic acids is 2. The zero-order valence-corrected chi connectivity index (χ0v) is 14.1. The quantitative estimate of drug-likeness (QED) is 0.641. The van der Waals surface area contributed by atoms with Crippen LogP contribution < -0.4 is 5.32 Å². The molecule has 0 saturated heterocycles. The van der Waals surface area contributed by atoms with Gasteiger partial charge < -0.3 is 10.1 Å². The molecule has 0 saturated carbocycles. The molecule has 0 spiro atoms. The summed E-state index contributed by atoms with van der Waals surface area (Å²) in [7, 11) is 0. The van der Waals surface area contributed by atoms with E-state index in [1.54, 1.807) is 0 Å². The molecule has 1 N–H and O–H groups in total. The predicted molar refractivity (Wildman–Crippen MR) is 88.1 cm³/mol. The van der Waals surface area contributed by atoms with Gasteiger partial charge in [0.1, 0.15) is 0 Å². The number of benzene rings is 1. The number of nitrogens with one attached hydrogen (secondary N) is 1. The summed E-state index contributed by atoms with van der Waals surface area (Å²) < 4.78 is 6.10. The van der Waals surface area contributed by atoms with Crippen LogP contribution >= 0.6 is 15.9 Å². The molecule has 1 aromatic rings. The van der Waals surface area contributed by atoms with E-state index in [0.717, 1.165) is 22.9 Å². The Morgan fingerprint density at radius 1 is 1.32 bits per heavy atom. The Hall–Kier alpha value is -1.62. The average Bonchev–Trinajstić information content (AvgIpc) is 2.54. The van der Waals surface area contributed by atoms with Crippen LogP contribution in [0.25, 0.3) is 0 Å². The lowest BCUT2D eigenvalue weighted by Gasteiger charge is -2.17. The lowest BCUT2D eigenvalue weighted by Crippen LogP contribution is -2.32. The Balaban J connectivity index is 1.76. The van der Waals surface area contributed by atoms with Gasteiger partial charge in [0.2, 0.25) is 0 Å². The second-order valence-corrected chi connectivity index (χ2v) is 6.35. The Labute approximate surface area is 139 Å². The fourth-order valence-corrected chi connectivity index (χ4v) is 2.64. The van der Waals surface area contributed by atoms with Crippen LogP contribution in [0.4, 0.5) is 0 Å². The summed E-state index contributed by atoms with van der Waals surface area (Å²) in [5.74, 6) is -0.674. The molecule has 5 heteroatoms. The third-order valence-electron chi connectivity index (χ3n) is 3.70. The van der Waals surface area contributed by atoms with Gasteiger partial charge in [0.25, 0.3) is 5.91 Å². The van der Waals surface area contributed by atoms with Crippen molar-refractivity contribution in [2.45, 2.75) is 32.2 Å². The number of hydrogen-bond donors (Lipinski definition) is 1. The topological polar surface area (TPSA) is 55.4 Å². The van der Waals surface area contributed by atoms with Gasteiger partial charge in [-0.1, -0.05) is 40.2 Å². The van der Waals surface area contributed by atoms with Crippen molar-refractivity contribution in [2.75, 3.05) is 6.61 Å². The molecule has 2 atom stereocenters. The van der Waals surface area contributed by atoms with Gasteiger partial charge in [0.05, 0.1) is 12.0 Å². The molecule has 0 bridgehead atoms. The molecule has 22 heavy (non-hydrogen) atoms. The van der Waals surface area contributed by atoms with Gasteiger partial charge in [0, 0.05) is 4.47 Å². The van der Waals surface area contributed by atoms with Crippen LogP contribution in [0.2, 0.25) is 0 Å². The highest BCUT2D eigenvalue weighted by atomic mass is 79.9. The van der Waals surface area contributed by atoms with E-state index in [4.69, 9.17) is 4.74 Å². The fourth-order valence-electron chi connectivity index (χ4n) is 2.38. The molecule has 1 aliphatic rings. The molecule has 0 aromatic heterocycles. The number of esters is 1. The Kier molecular flexibility index (Phi) is 6.19. The maximum absolute atomic E-state index is 11.9. The lowest BCUT2D eigenvalue weighted by molar-refractivity contribution is -0.153. The molecule has 2 unspecified atom stereocenters. The van der Waals surface area contributed by atoms with Crippen LogP contribution in [0.3, 0.4) is 0 Å². The van der Waals surface area contributed by atoms with Gasteiger partial charge in [-0.2, -0.15) is 0 Å². The van der Waals surface area contributed by atoms with Crippen molar-refractivity contribution in [1.29, 1.82) is 0 Å². The van der Waals surface area contributed by atoms with Crippen molar-refractivity contribution in [2.24, 2.45) is 5.92 Å². The van der Waals surface area contributed by atoms with Gasteiger partial charge in [-0.25, -0.2) is 0 Å². The van der Waals surface area contributed by atoms with E-state index in [1.807, 2.05) is 37.3 Å². The van der Waals surface area contributed by atoms with Crippen LogP contribution in [0.15, 0.2) is 40.9 Å². The molecule has 0 fully saturated rings. The molecule has 0 heterocycles. The van der Waals surface area contributed by atoms with Crippen LogP contribution in [-0.4, -0.2) is 18.5 Å². The minimum Gasteiger partial charge on any atom is -0.455 e. The predicted octanol–water partition coefficient (Wildman–Crippen LogP) is 3.53. The standard InChI is InChI=1S/C17H20BrNO3/c1-12(13-7-9-15(18)10-8-13)19-16(20)11-22-17(21)14-5-3-2-4-6-14/h2-3,7-10,12,14H,4-6,11H2,1H3,(H,19,20). The highest BCUT2D eigenvalue weighted by Gasteiger charge is 2.21. The molecule has 1 aliphatic carbocycles. The Bertz CT molecular complexity index is 554. The second kappa shape index (κ2) is 8.13. The monoisotopic (exact) mass is 365 g/mol. The second-order valence-electron chi connectivity index (χ2n) is 5.43. The van der Waals surface area contributed by atoms with Gasteiger partial charge >= 0.3 is 5.97 Å². The van der Waals surface area contributed by atoms with Crippen molar-refractivity contribution in [1.82, 2.24) is 5.32 Å². The minimum absolute atomic E-state index is 0.110. The summed E-state index contributed by atoms with van der Waals surface area (Å²) in [6.07, 6.45) is 6.45. The van der Waals surface area contributed by atoms with Crippen molar-refractivity contribution < 1.29 is 14.3 Å². The van der Waals surface area contributed by atoms with Crippen LogP contribution in [0, 0.1) is 5.92 Å². The summed E-state index contributed by atoms with van der Waals surface area (Å²) in [6, 6.07) is 7.60. The zero-order chi connectivity index (χ0) is 15.9. The first-order valence-corrected chi connectivity index (χ1v) is 8.22. The molecule has 2 rings (SSSR count). The summed E-state index contributed by atoms with van der Waals surface area (Å²) in [4.78, 5) is 23.7. The molecular formula is C17H20BrNO3. The van der Waals surface area contributed by atoms with Crippen molar-refractivity contribution >= 4 is 27.8 Å². The van der Waals surface area contributed by atoms with Crippen LogP contribution in [0.1, 0.15) is 37.8 Å². The summed E-state index contributed by atoms with van der Waals surface area (Å²) in [5.41, 5.74) is 1.00. The first-order chi connectivity index (χ1) is 10.6. The van der Waals surface area contributed by atoms with Crippen LogP contribution in [-0.2, 0) is 14.3 Å². The fraction of sp³-hybridized carbons (Fsp3) is 0.412. The number of ether oxygens (including phenoxy) is 1. The van der Waals surface area contributed by atoms with E-state index in [0.29, 0.717) is 6.42 Å². The molecule has 118 valence electrons. The molecule has 0 radical (unpaired) electrons. The molecule has 0 aliphatic heterocycles. The average molecular weight is 366 g/mol. The minimum atomic E-state index is -0.282. The number of amides is 1. The number of rotatable bonds is 5. The summed E-state index contributed by atoms with van der Waals surface area (Å²) in [5, 5.41) is 2.83. The largest absolute Gasteiger partial charge is 0.455 e. The molecular weight excluding hydrogens is 346 g/mol. The maximum Gasteiger partial charge on any atom is 0.309 e. The zero-order valence-electron chi connectivity index (χ0n) is 12.5. The van der Waals surface area contributed by atoms with E-state index < -0.39 is 0 Å². The highest BCUT2D eigenvalue weighted by molar-refractivity contribution is 9.10. The van der Waals surface area contributed by atoms with E-state index in [1.165, 1.54) is 0 Å². The number of halogens is 1. The van der Waals surface area contributed by atoms with Crippen molar-refractivity contribution in [3.63, 3.8) is 0 Å². The summed E-state index contributed by atoms with van der Waals surface area (Å²) >= 11 is 3.37. The number of allylic oxidation sites excluding steroid dienone is 2. The first kappa shape index (κ1) is 16.7. The number of hydrogen-bond acceptors (Lipinski definition) is 3. The van der Waals surface area contributed by atoms with E-state index in [9.17, 15) is 9.59 Å². The molecule has 4 nitrogen and oxygen atoms in total. The molecule has 1 aromatic carbocycles. The van der Waals surface area contributed by atoms with Gasteiger partial charge in [-0.15, -0.1) is 0 Å².